The number of piperidine rings is 1. The highest BCUT2D eigenvalue weighted by molar-refractivity contribution is 6.04. The van der Waals surface area contributed by atoms with Gasteiger partial charge in [0.1, 0.15) is 11.6 Å². The van der Waals surface area contributed by atoms with Crippen LogP contribution in [-0.4, -0.2) is 65.8 Å². The van der Waals surface area contributed by atoms with Crippen LogP contribution in [0, 0.1) is 11.5 Å². The normalized spacial score (nSPS) is 20.3. The number of fused-ring (bicyclic) bond motifs is 2. The predicted molar refractivity (Wildman–Crippen MR) is 150 cm³/mol. The highest BCUT2D eigenvalue weighted by Crippen LogP contribution is 2.37. The Bertz CT molecular complexity index is 1620. The van der Waals surface area contributed by atoms with Crippen LogP contribution >= 0.6 is 0 Å². The van der Waals surface area contributed by atoms with Crippen molar-refractivity contribution in [1.82, 2.24) is 15.2 Å². The molecule has 3 aliphatic heterocycles. The lowest BCUT2D eigenvalue weighted by Gasteiger charge is -2.52. The zero-order valence-corrected chi connectivity index (χ0v) is 23.3. The Hall–Kier alpha value is -3.89. The number of anilines is 3. The second kappa shape index (κ2) is 9.64. The van der Waals surface area contributed by atoms with E-state index in [0.29, 0.717) is 42.2 Å². The van der Waals surface area contributed by atoms with Crippen molar-refractivity contribution in [2.24, 2.45) is 4.99 Å². The van der Waals surface area contributed by atoms with Crippen LogP contribution in [-0.2, 0) is 6.54 Å². The zero-order valence-electron chi connectivity index (χ0n) is 23.3. The van der Waals surface area contributed by atoms with Gasteiger partial charge in [-0.05, 0) is 70.6 Å². The molecule has 5 heterocycles. The summed E-state index contributed by atoms with van der Waals surface area (Å²) in [4.78, 5) is 26.3. The summed E-state index contributed by atoms with van der Waals surface area (Å²) in [5.74, 6) is 0.148. The summed E-state index contributed by atoms with van der Waals surface area (Å²) in [6, 6.07) is 10.6. The summed E-state index contributed by atoms with van der Waals surface area (Å²) < 4.78 is 15.6. The summed E-state index contributed by atoms with van der Waals surface area (Å²) in [6.07, 6.45) is 5.13. The lowest BCUT2D eigenvalue weighted by atomic mass is 9.76. The van der Waals surface area contributed by atoms with Crippen molar-refractivity contribution < 1.29 is 18.5 Å². The highest BCUT2D eigenvalue weighted by Gasteiger charge is 2.47. The van der Waals surface area contributed by atoms with E-state index in [1.54, 1.807) is 6.20 Å². The summed E-state index contributed by atoms with van der Waals surface area (Å²) in [6.45, 7) is 6.37. The molecule has 0 unspecified atom stereocenters. The van der Waals surface area contributed by atoms with Crippen LogP contribution in [0.2, 0.25) is 0 Å². The number of amides is 1. The molecular weight excluding hydrogens is 509 g/mol. The maximum Gasteiger partial charge on any atom is 0.325 e. The SMILES string of the molecule is CN(C)C(C)(C)[C@@]1(O)CCCN(c2ccc(Nc3ccc(C4=[n+]5ccc(F)cc5=NC4)c4c3C(=O)NC4)nc2)C1. The molecule has 0 saturated carbocycles. The minimum atomic E-state index is -0.848. The van der Waals surface area contributed by atoms with Crippen LogP contribution in [0.3, 0.4) is 0 Å². The quantitative estimate of drug-likeness (QED) is 0.412. The second-order valence-electron chi connectivity index (χ2n) is 11.6. The number of benzene rings is 1. The monoisotopic (exact) mass is 544 g/mol. The third-order valence-electron chi connectivity index (χ3n) is 8.96. The molecule has 2 aromatic heterocycles. The van der Waals surface area contributed by atoms with Crippen molar-refractivity contribution in [2.75, 3.05) is 43.9 Å². The fraction of sp³-hybridized carbons (Fsp3) is 0.400. The first kappa shape index (κ1) is 26.3. The zero-order chi connectivity index (χ0) is 28.2. The summed E-state index contributed by atoms with van der Waals surface area (Å²) in [7, 11) is 4.01. The molecule has 9 nitrogen and oxygen atoms in total. The van der Waals surface area contributed by atoms with E-state index >= 15 is 0 Å². The number of nitrogens with zero attached hydrogens (tertiary/aromatic N) is 5. The van der Waals surface area contributed by atoms with Gasteiger partial charge >= 0.3 is 5.49 Å². The number of β-amino-alcohol motifs (C(OH)–C–C–N with tert-alkyl or cyclic N) is 1. The lowest BCUT2D eigenvalue weighted by Crippen LogP contribution is -2.65. The van der Waals surface area contributed by atoms with E-state index in [1.807, 2.05) is 48.8 Å². The maximum atomic E-state index is 13.7. The van der Waals surface area contributed by atoms with Gasteiger partial charge in [0.05, 0.1) is 41.0 Å². The van der Waals surface area contributed by atoms with Gasteiger partial charge in [-0.25, -0.2) is 9.37 Å². The predicted octanol–water partition coefficient (Wildman–Crippen LogP) is 2.23. The van der Waals surface area contributed by atoms with Crippen molar-refractivity contribution >= 4 is 23.1 Å². The highest BCUT2D eigenvalue weighted by atomic mass is 19.1. The standard InChI is InChI=1S/C30H34FN7O2/c1-29(2,36(3)4)30(40)11-5-12-37(18-30)20-6-9-25(32-15-20)35-23-8-7-21(22-16-34-28(39)27(22)23)24-17-33-26-14-19(31)10-13-38(24)26/h6-10,13-15,40H,5,11-12,16-18H2,1-4H3,(H,34,39)/p+1/t30-/m1/s1. The Balaban J connectivity index is 1.26. The Kier molecular flexibility index (Phi) is 6.35. The van der Waals surface area contributed by atoms with Crippen LogP contribution in [0.1, 0.15) is 48.2 Å². The van der Waals surface area contributed by atoms with Gasteiger partial charge < -0.3 is 25.5 Å². The first-order valence-electron chi connectivity index (χ1n) is 13.6. The number of carbonyl (C=O) groups excluding carboxylic acids is 1. The van der Waals surface area contributed by atoms with Gasteiger partial charge in [0, 0.05) is 36.8 Å². The Morgan fingerprint density at radius 1 is 1.23 bits per heavy atom. The second-order valence-corrected chi connectivity index (χ2v) is 11.6. The van der Waals surface area contributed by atoms with Crippen LogP contribution < -0.4 is 25.3 Å². The Morgan fingerprint density at radius 2 is 2.05 bits per heavy atom. The molecule has 0 aliphatic carbocycles. The van der Waals surface area contributed by atoms with Gasteiger partial charge in [-0.2, -0.15) is 4.24 Å². The molecule has 0 spiro atoms. The molecule has 40 heavy (non-hydrogen) atoms. The molecule has 10 heteroatoms. The molecular formula is C30H35FN7O2+. The van der Waals surface area contributed by atoms with Gasteiger partial charge in [0.2, 0.25) is 0 Å². The molecule has 1 saturated heterocycles. The topological polar surface area (TPSA) is 99.0 Å². The molecule has 1 aromatic carbocycles. The number of carbonyl (C=O) groups is 1. The molecule has 0 bridgehead atoms. The van der Waals surface area contributed by atoms with Crippen molar-refractivity contribution in [3.63, 3.8) is 0 Å². The minimum Gasteiger partial charge on any atom is -0.386 e. The number of pyridine rings is 2. The van der Waals surface area contributed by atoms with E-state index < -0.39 is 5.60 Å². The van der Waals surface area contributed by atoms with Crippen LogP contribution in [0.25, 0.3) is 0 Å². The molecule has 1 amide bonds. The van der Waals surface area contributed by atoms with E-state index in [4.69, 9.17) is 0 Å². The number of halogens is 1. The maximum absolute atomic E-state index is 13.7. The lowest BCUT2D eigenvalue weighted by molar-refractivity contribution is -0.532. The fourth-order valence-electron chi connectivity index (χ4n) is 5.94. The average molecular weight is 545 g/mol. The average Bonchev–Trinajstić information content (AvgIpc) is 3.53. The number of rotatable bonds is 6. The number of hydrogen-bond acceptors (Lipinski definition) is 7. The van der Waals surface area contributed by atoms with Gasteiger partial charge in [0.25, 0.3) is 5.91 Å². The van der Waals surface area contributed by atoms with Gasteiger partial charge in [0.15, 0.2) is 12.3 Å². The first-order valence-corrected chi connectivity index (χ1v) is 13.6. The van der Waals surface area contributed by atoms with E-state index in [9.17, 15) is 14.3 Å². The Labute approximate surface area is 232 Å². The van der Waals surface area contributed by atoms with Gasteiger partial charge in [-0.1, -0.05) is 4.99 Å². The third-order valence-corrected chi connectivity index (χ3v) is 8.96. The van der Waals surface area contributed by atoms with E-state index in [0.717, 1.165) is 41.9 Å². The molecule has 1 atom stereocenters. The van der Waals surface area contributed by atoms with Crippen molar-refractivity contribution in [3.8, 4) is 0 Å². The number of nitrogens with one attached hydrogen (secondary N) is 2. The molecule has 208 valence electrons. The minimum absolute atomic E-state index is 0.146. The third kappa shape index (κ3) is 4.31. The summed E-state index contributed by atoms with van der Waals surface area (Å²) in [5, 5.41) is 17.8. The molecule has 1 fully saturated rings. The molecule has 3 aliphatic rings. The molecule has 0 radical (unpaired) electrons. The molecule has 3 N–H and O–H groups in total. The smallest absolute Gasteiger partial charge is 0.325 e. The van der Waals surface area contributed by atoms with Gasteiger partial charge in [-0.15, -0.1) is 0 Å². The Morgan fingerprint density at radius 3 is 2.80 bits per heavy atom. The van der Waals surface area contributed by atoms with E-state index in [-0.39, 0.29) is 17.3 Å². The largest absolute Gasteiger partial charge is 0.386 e. The van der Waals surface area contributed by atoms with E-state index in [1.165, 1.54) is 12.1 Å². The first-order chi connectivity index (χ1) is 19.1. The number of likely N-dealkylation sites (N-methyl/N-ethyl adjacent to an activating group) is 1. The number of aromatic nitrogens is 2. The summed E-state index contributed by atoms with van der Waals surface area (Å²) >= 11 is 0. The molecule has 3 aromatic rings. The van der Waals surface area contributed by atoms with Crippen LogP contribution in [0.15, 0.2) is 53.8 Å². The number of aliphatic hydroxyl groups is 1. The summed E-state index contributed by atoms with van der Waals surface area (Å²) in [5.41, 5.74) is 4.25. The molecule has 6 rings (SSSR count). The van der Waals surface area contributed by atoms with Crippen molar-refractivity contribution in [3.05, 3.63) is 82.5 Å². The van der Waals surface area contributed by atoms with Gasteiger partial charge in [-0.3, -0.25) is 4.79 Å². The number of hydrogen-bond donors (Lipinski definition) is 3. The van der Waals surface area contributed by atoms with Crippen LogP contribution in [0.4, 0.5) is 21.6 Å². The van der Waals surface area contributed by atoms with E-state index in [2.05, 4.69) is 44.3 Å². The van der Waals surface area contributed by atoms with Crippen molar-refractivity contribution in [1.29, 1.82) is 0 Å². The fourth-order valence-corrected chi connectivity index (χ4v) is 5.94. The van der Waals surface area contributed by atoms with Crippen molar-refractivity contribution in [2.45, 2.75) is 44.4 Å². The van der Waals surface area contributed by atoms with Crippen LogP contribution in [0.5, 0.6) is 0 Å².